The molecule has 21 heavy (non-hydrogen) atoms. The number of hydrogen-bond donors (Lipinski definition) is 1. The number of ether oxygens (including phenoxy) is 1. The van der Waals surface area contributed by atoms with Gasteiger partial charge in [0, 0.05) is 12.6 Å². The maximum absolute atomic E-state index is 5.81. The molecule has 0 radical (unpaired) electrons. The van der Waals surface area contributed by atoms with Crippen molar-refractivity contribution >= 4 is 0 Å². The maximum atomic E-state index is 5.81. The molecule has 1 fully saturated rings. The number of nitrogens with one attached hydrogen (secondary N) is 1. The molecular formula is C19H31NO. The predicted octanol–water partition coefficient (Wildman–Crippen LogP) is 4.59. The first-order chi connectivity index (χ1) is 10.1. The summed E-state index contributed by atoms with van der Waals surface area (Å²) >= 11 is 0. The van der Waals surface area contributed by atoms with Crippen molar-refractivity contribution in [3.8, 4) is 0 Å². The van der Waals surface area contributed by atoms with Crippen LogP contribution in [0.4, 0.5) is 0 Å². The van der Waals surface area contributed by atoms with E-state index >= 15 is 0 Å². The van der Waals surface area contributed by atoms with Crippen LogP contribution in [-0.4, -0.2) is 19.3 Å². The Bertz CT molecular complexity index is 418. The largest absolute Gasteiger partial charge is 0.378 e. The number of benzene rings is 1. The van der Waals surface area contributed by atoms with Crippen LogP contribution >= 0.6 is 0 Å². The van der Waals surface area contributed by atoms with Gasteiger partial charge in [-0.3, -0.25) is 0 Å². The van der Waals surface area contributed by atoms with Gasteiger partial charge in [0.25, 0.3) is 0 Å². The van der Waals surface area contributed by atoms with Gasteiger partial charge in [-0.25, -0.2) is 0 Å². The quantitative estimate of drug-likeness (QED) is 0.792. The van der Waals surface area contributed by atoms with Gasteiger partial charge in [-0.2, -0.15) is 0 Å². The van der Waals surface area contributed by atoms with E-state index in [1.54, 1.807) is 0 Å². The molecule has 1 aromatic rings. The van der Waals surface area contributed by atoms with E-state index in [2.05, 4.69) is 57.3 Å². The lowest BCUT2D eigenvalue weighted by molar-refractivity contribution is 0.0947. The molecule has 1 aliphatic heterocycles. The number of hydrogen-bond acceptors (Lipinski definition) is 2. The lowest BCUT2D eigenvalue weighted by Crippen LogP contribution is -2.25. The molecule has 1 aromatic carbocycles. The van der Waals surface area contributed by atoms with Crippen molar-refractivity contribution in [3.05, 3.63) is 35.4 Å². The molecule has 0 aliphatic carbocycles. The summed E-state index contributed by atoms with van der Waals surface area (Å²) in [6, 6.07) is 9.62. The molecular weight excluding hydrogens is 258 g/mol. The molecule has 2 atom stereocenters. The van der Waals surface area contributed by atoms with Crippen molar-refractivity contribution in [2.45, 2.75) is 70.9 Å². The van der Waals surface area contributed by atoms with Gasteiger partial charge in [0.2, 0.25) is 0 Å². The van der Waals surface area contributed by atoms with Crippen LogP contribution in [0.2, 0.25) is 0 Å². The molecule has 1 saturated heterocycles. The fourth-order valence-corrected chi connectivity index (χ4v) is 3.05. The first kappa shape index (κ1) is 16.5. The standard InChI is InChI=1S/C19H31NO/c1-5-19(3,4)16-11-9-15(10-12-16)18(20-6-2)14-17-8-7-13-21-17/h9-12,17-18,20H,5-8,13-14H2,1-4H3. The highest BCUT2D eigenvalue weighted by Crippen LogP contribution is 2.29. The minimum Gasteiger partial charge on any atom is -0.378 e. The third-order valence-corrected chi connectivity index (χ3v) is 4.95. The predicted molar refractivity (Wildman–Crippen MR) is 89.8 cm³/mol. The molecule has 0 spiro atoms. The SMILES string of the molecule is CCNC(CC1CCCO1)c1ccc(C(C)(C)CC)cc1. The van der Waals surface area contributed by atoms with Crippen LogP contribution in [-0.2, 0) is 10.2 Å². The van der Waals surface area contributed by atoms with Gasteiger partial charge in [-0.05, 0) is 48.8 Å². The van der Waals surface area contributed by atoms with Gasteiger partial charge in [-0.1, -0.05) is 52.0 Å². The van der Waals surface area contributed by atoms with Crippen LogP contribution in [0.1, 0.15) is 70.5 Å². The summed E-state index contributed by atoms with van der Waals surface area (Å²) in [7, 11) is 0. The van der Waals surface area contributed by atoms with Crippen molar-refractivity contribution < 1.29 is 4.74 Å². The van der Waals surface area contributed by atoms with Crippen molar-refractivity contribution in [2.24, 2.45) is 0 Å². The molecule has 2 heteroatoms. The van der Waals surface area contributed by atoms with Crippen LogP contribution in [0.15, 0.2) is 24.3 Å². The molecule has 2 rings (SSSR count). The van der Waals surface area contributed by atoms with Crippen molar-refractivity contribution in [2.75, 3.05) is 13.2 Å². The summed E-state index contributed by atoms with van der Waals surface area (Å²) in [5, 5.41) is 3.62. The topological polar surface area (TPSA) is 21.3 Å². The second kappa shape index (κ2) is 7.42. The summed E-state index contributed by atoms with van der Waals surface area (Å²) in [4.78, 5) is 0. The van der Waals surface area contributed by atoms with Gasteiger partial charge in [0.1, 0.15) is 0 Å². The number of rotatable bonds is 7. The second-order valence-corrected chi connectivity index (χ2v) is 6.84. The fourth-order valence-electron chi connectivity index (χ4n) is 3.05. The smallest absolute Gasteiger partial charge is 0.0594 e. The van der Waals surface area contributed by atoms with E-state index in [1.807, 2.05) is 0 Å². The van der Waals surface area contributed by atoms with E-state index in [-0.39, 0.29) is 5.41 Å². The Balaban J connectivity index is 2.09. The highest BCUT2D eigenvalue weighted by molar-refractivity contribution is 5.29. The minimum absolute atomic E-state index is 0.265. The van der Waals surface area contributed by atoms with E-state index in [0.717, 1.165) is 19.6 Å². The summed E-state index contributed by atoms with van der Waals surface area (Å²) in [5.41, 5.74) is 3.09. The van der Waals surface area contributed by atoms with Crippen molar-refractivity contribution in [1.29, 1.82) is 0 Å². The minimum atomic E-state index is 0.265. The molecule has 2 unspecified atom stereocenters. The van der Waals surface area contributed by atoms with Gasteiger partial charge >= 0.3 is 0 Å². The lowest BCUT2D eigenvalue weighted by Gasteiger charge is -2.25. The molecule has 0 bridgehead atoms. The third-order valence-electron chi connectivity index (χ3n) is 4.95. The van der Waals surface area contributed by atoms with Gasteiger partial charge in [0.15, 0.2) is 0 Å². The summed E-state index contributed by atoms with van der Waals surface area (Å²) in [6.07, 6.45) is 5.11. The monoisotopic (exact) mass is 289 g/mol. The fraction of sp³-hybridized carbons (Fsp3) is 0.684. The van der Waals surface area contributed by atoms with Crippen LogP contribution in [0.25, 0.3) is 0 Å². The molecule has 0 saturated carbocycles. The Morgan fingerprint density at radius 3 is 2.48 bits per heavy atom. The zero-order valence-electron chi connectivity index (χ0n) is 14.1. The van der Waals surface area contributed by atoms with Gasteiger partial charge in [-0.15, -0.1) is 0 Å². The molecule has 118 valence electrons. The Morgan fingerprint density at radius 1 is 1.24 bits per heavy atom. The summed E-state index contributed by atoms with van der Waals surface area (Å²) in [5.74, 6) is 0. The molecule has 2 nitrogen and oxygen atoms in total. The second-order valence-electron chi connectivity index (χ2n) is 6.84. The first-order valence-corrected chi connectivity index (χ1v) is 8.52. The molecule has 1 N–H and O–H groups in total. The van der Waals surface area contributed by atoms with Crippen LogP contribution < -0.4 is 5.32 Å². The average Bonchev–Trinajstić information content (AvgIpc) is 3.00. The highest BCUT2D eigenvalue weighted by atomic mass is 16.5. The zero-order valence-corrected chi connectivity index (χ0v) is 14.1. The van der Waals surface area contributed by atoms with Crippen LogP contribution in [0.5, 0.6) is 0 Å². The normalized spacial score (nSPS) is 20.7. The Hall–Kier alpha value is -0.860. The van der Waals surface area contributed by atoms with Crippen molar-refractivity contribution in [3.63, 3.8) is 0 Å². The Morgan fingerprint density at radius 2 is 1.95 bits per heavy atom. The van der Waals surface area contributed by atoms with E-state index in [4.69, 9.17) is 4.74 Å². The van der Waals surface area contributed by atoms with E-state index in [1.165, 1.54) is 30.4 Å². The Kier molecular flexibility index (Phi) is 5.83. The summed E-state index contributed by atoms with van der Waals surface area (Å²) < 4.78 is 5.81. The van der Waals surface area contributed by atoms with Crippen molar-refractivity contribution in [1.82, 2.24) is 5.32 Å². The third kappa shape index (κ3) is 4.31. The molecule has 0 amide bonds. The van der Waals surface area contributed by atoms with E-state index < -0.39 is 0 Å². The lowest BCUT2D eigenvalue weighted by atomic mass is 9.81. The maximum Gasteiger partial charge on any atom is 0.0594 e. The van der Waals surface area contributed by atoms with Gasteiger partial charge in [0.05, 0.1) is 6.10 Å². The molecule has 1 aliphatic rings. The van der Waals surface area contributed by atoms with E-state index in [9.17, 15) is 0 Å². The van der Waals surface area contributed by atoms with Gasteiger partial charge < -0.3 is 10.1 Å². The zero-order chi connectivity index (χ0) is 15.3. The molecule has 1 heterocycles. The van der Waals surface area contributed by atoms with Crippen LogP contribution in [0, 0.1) is 0 Å². The Labute approximate surface area is 130 Å². The first-order valence-electron chi connectivity index (χ1n) is 8.52. The molecule has 0 aromatic heterocycles. The summed E-state index contributed by atoms with van der Waals surface area (Å²) in [6.45, 7) is 11.0. The van der Waals surface area contributed by atoms with E-state index in [0.29, 0.717) is 12.1 Å². The highest BCUT2D eigenvalue weighted by Gasteiger charge is 2.22. The van der Waals surface area contributed by atoms with Crippen LogP contribution in [0.3, 0.4) is 0 Å². The average molecular weight is 289 g/mol.